The summed E-state index contributed by atoms with van der Waals surface area (Å²) in [5.41, 5.74) is 6.02. The summed E-state index contributed by atoms with van der Waals surface area (Å²) in [6.45, 7) is 0.541. The van der Waals surface area contributed by atoms with Crippen LogP contribution in [0.2, 0.25) is 0 Å². The van der Waals surface area contributed by atoms with E-state index in [2.05, 4.69) is 27.4 Å². The van der Waals surface area contributed by atoms with Gasteiger partial charge in [-0.1, -0.05) is 22.0 Å². The fourth-order valence-corrected chi connectivity index (χ4v) is 2.54. The Hall–Kier alpha value is -0.840. The predicted octanol–water partition coefficient (Wildman–Crippen LogP) is 3.46. The van der Waals surface area contributed by atoms with E-state index in [4.69, 9.17) is 10.5 Å². The fraction of sp³-hybridized carbons (Fsp3) is 0.231. The van der Waals surface area contributed by atoms with Crippen molar-refractivity contribution in [1.82, 2.24) is 0 Å². The molecular formula is C13H14BrNOS. The zero-order chi connectivity index (χ0) is 12.1. The van der Waals surface area contributed by atoms with Crippen LogP contribution in [0.25, 0.3) is 0 Å². The zero-order valence-electron chi connectivity index (χ0n) is 9.30. The summed E-state index contributed by atoms with van der Waals surface area (Å²) in [5.74, 6) is 0.856. The third-order valence-corrected chi connectivity index (χ3v) is 3.75. The fourth-order valence-electron chi connectivity index (χ4n) is 1.48. The van der Waals surface area contributed by atoms with Crippen molar-refractivity contribution < 1.29 is 4.74 Å². The molecule has 0 amide bonds. The molecule has 2 rings (SSSR count). The summed E-state index contributed by atoms with van der Waals surface area (Å²) >= 11 is 5.12. The highest BCUT2D eigenvalue weighted by atomic mass is 79.9. The van der Waals surface area contributed by atoms with Crippen LogP contribution >= 0.6 is 27.3 Å². The number of thiophene rings is 1. The van der Waals surface area contributed by atoms with Crippen molar-refractivity contribution in [3.05, 3.63) is 51.1 Å². The summed E-state index contributed by atoms with van der Waals surface area (Å²) in [6.07, 6.45) is 0.869. The molecule has 0 fully saturated rings. The van der Waals surface area contributed by atoms with E-state index in [0.717, 1.165) is 16.6 Å². The molecule has 0 aliphatic carbocycles. The van der Waals surface area contributed by atoms with Crippen LogP contribution in [0.3, 0.4) is 0 Å². The minimum atomic E-state index is 0.0392. The lowest BCUT2D eigenvalue weighted by molar-refractivity contribution is 0.288. The lowest BCUT2D eigenvalue weighted by Crippen LogP contribution is -2.29. The number of nitrogens with two attached hydrogens (primary N) is 1. The van der Waals surface area contributed by atoms with Crippen molar-refractivity contribution in [3.8, 4) is 5.75 Å². The van der Waals surface area contributed by atoms with E-state index in [1.807, 2.05) is 30.3 Å². The van der Waals surface area contributed by atoms with Crippen molar-refractivity contribution in [1.29, 1.82) is 0 Å². The molecule has 1 aromatic heterocycles. The van der Waals surface area contributed by atoms with Gasteiger partial charge >= 0.3 is 0 Å². The van der Waals surface area contributed by atoms with Crippen LogP contribution in [0.1, 0.15) is 4.88 Å². The molecule has 0 saturated carbocycles. The van der Waals surface area contributed by atoms with Crippen molar-refractivity contribution in [2.75, 3.05) is 6.61 Å². The molecule has 1 aromatic carbocycles. The van der Waals surface area contributed by atoms with Crippen LogP contribution in [-0.4, -0.2) is 12.6 Å². The Kier molecular flexibility index (Phi) is 4.59. The Morgan fingerprint density at radius 2 is 2.00 bits per heavy atom. The molecule has 0 saturated heterocycles. The maximum absolute atomic E-state index is 6.02. The van der Waals surface area contributed by atoms with E-state index in [1.54, 1.807) is 11.3 Å². The Morgan fingerprint density at radius 3 is 2.65 bits per heavy atom. The second-order valence-corrected chi connectivity index (χ2v) is 5.76. The SMILES string of the molecule is NC(COc1ccc(Br)cc1)Cc1cccs1. The molecule has 4 heteroatoms. The van der Waals surface area contributed by atoms with Gasteiger partial charge in [-0.3, -0.25) is 0 Å². The van der Waals surface area contributed by atoms with Crippen molar-refractivity contribution in [2.45, 2.75) is 12.5 Å². The van der Waals surface area contributed by atoms with Gasteiger partial charge in [0.1, 0.15) is 12.4 Å². The number of hydrogen-bond donors (Lipinski definition) is 1. The number of benzene rings is 1. The monoisotopic (exact) mass is 311 g/mol. The van der Waals surface area contributed by atoms with E-state index in [0.29, 0.717) is 6.61 Å². The summed E-state index contributed by atoms with van der Waals surface area (Å²) in [6, 6.07) is 12.0. The number of rotatable bonds is 5. The molecule has 0 aliphatic rings. The van der Waals surface area contributed by atoms with Gasteiger partial charge in [-0.25, -0.2) is 0 Å². The molecule has 2 N–H and O–H groups in total. The molecule has 17 heavy (non-hydrogen) atoms. The van der Waals surface area contributed by atoms with Crippen LogP contribution < -0.4 is 10.5 Å². The van der Waals surface area contributed by atoms with Gasteiger partial charge in [-0.2, -0.15) is 0 Å². The molecule has 1 atom stereocenters. The average molecular weight is 312 g/mol. The highest BCUT2D eigenvalue weighted by molar-refractivity contribution is 9.10. The number of halogens is 1. The molecule has 0 bridgehead atoms. The summed E-state index contributed by atoms with van der Waals surface area (Å²) in [5, 5.41) is 2.07. The predicted molar refractivity (Wildman–Crippen MR) is 75.6 cm³/mol. The van der Waals surface area contributed by atoms with Crippen LogP contribution in [-0.2, 0) is 6.42 Å². The first-order valence-electron chi connectivity index (χ1n) is 5.40. The summed E-state index contributed by atoms with van der Waals surface area (Å²) < 4.78 is 6.68. The van der Waals surface area contributed by atoms with Crippen LogP contribution in [0.5, 0.6) is 5.75 Å². The molecule has 90 valence electrons. The average Bonchev–Trinajstić information content (AvgIpc) is 2.81. The molecule has 2 aromatic rings. The first-order valence-corrected chi connectivity index (χ1v) is 7.07. The third-order valence-electron chi connectivity index (χ3n) is 2.32. The van der Waals surface area contributed by atoms with E-state index < -0.39 is 0 Å². The Bertz CT molecular complexity index is 441. The quantitative estimate of drug-likeness (QED) is 0.917. The minimum Gasteiger partial charge on any atom is -0.492 e. The van der Waals surface area contributed by atoms with Gasteiger partial charge in [-0.15, -0.1) is 11.3 Å². The van der Waals surface area contributed by atoms with E-state index >= 15 is 0 Å². The first-order chi connectivity index (χ1) is 8.24. The van der Waals surface area contributed by atoms with Crippen molar-refractivity contribution >= 4 is 27.3 Å². The van der Waals surface area contributed by atoms with Crippen LogP contribution in [0.4, 0.5) is 0 Å². The van der Waals surface area contributed by atoms with Crippen LogP contribution in [0, 0.1) is 0 Å². The third kappa shape index (κ3) is 4.15. The summed E-state index contributed by atoms with van der Waals surface area (Å²) in [7, 11) is 0. The molecular weight excluding hydrogens is 298 g/mol. The number of hydrogen-bond acceptors (Lipinski definition) is 3. The lowest BCUT2D eigenvalue weighted by atomic mass is 10.2. The van der Waals surface area contributed by atoms with Gasteiger partial charge in [0.05, 0.1) is 0 Å². The largest absolute Gasteiger partial charge is 0.492 e. The Labute approximate surface area is 114 Å². The standard InChI is InChI=1S/C13H14BrNOS/c14-10-3-5-12(6-4-10)16-9-11(15)8-13-2-1-7-17-13/h1-7,11H,8-9,15H2. The van der Waals surface area contributed by atoms with E-state index in [1.165, 1.54) is 4.88 Å². The maximum atomic E-state index is 6.02. The zero-order valence-corrected chi connectivity index (χ0v) is 11.7. The Morgan fingerprint density at radius 1 is 1.24 bits per heavy atom. The molecule has 1 heterocycles. The van der Waals surface area contributed by atoms with Gasteiger partial charge < -0.3 is 10.5 Å². The van der Waals surface area contributed by atoms with Crippen molar-refractivity contribution in [3.63, 3.8) is 0 Å². The van der Waals surface area contributed by atoms with Gasteiger partial charge in [0.25, 0.3) is 0 Å². The van der Waals surface area contributed by atoms with Gasteiger partial charge in [0.2, 0.25) is 0 Å². The van der Waals surface area contributed by atoms with Crippen molar-refractivity contribution in [2.24, 2.45) is 5.73 Å². The topological polar surface area (TPSA) is 35.2 Å². The van der Waals surface area contributed by atoms with Gasteiger partial charge in [0, 0.05) is 21.8 Å². The second-order valence-electron chi connectivity index (χ2n) is 3.81. The Balaban J connectivity index is 1.79. The minimum absolute atomic E-state index is 0.0392. The normalized spacial score (nSPS) is 12.4. The second kappa shape index (κ2) is 6.19. The molecule has 1 unspecified atom stereocenters. The van der Waals surface area contributed by atoms with Gasteiger partial charge in [0.15, 0.2) is 0 Å². The molecule has 0 radical (unpaired) electrons. The smallest absolute Gasteiger partial charge is 0.119 e. The first kappa shape index (κ1) is 12.6. The molecule has 0 spiro atoms. The number of ether oxygens (including phenoxy) is 1. The molecule has 2 nitrogen and oxygen atoms in total. The highest BCUT2D eigenvalue weighted by Crippen LogP contribution is 2.16. The maximum Gasteiger partial charge on any atom is 0.119 e. The summed E-state index contributed by atoms with van der Waals surface area (Å²) in [4.78, 5) is 1.30. The highest BCUT2D eigenvalue weighted by Gasteiger charge is 2.05. The van der Waals surface area contributed by atoms with Crippen LogP contribution in [0.15, 0.2) is 46.3 Å². The lowest BCUT2D eigenvalue weighted by Gasteiger charge is -2.12. The van der Waals surface area contributed by atoms with Gasteiger partial charge in [-0.05, 0) is 35.7 Å². The van der Waals surface area contributed by atoms with E-state index in [-0.39, 0.29) is 6.04 Å². The van der Waals surface area contributed by atoms with E-state index in [9.17, 15) is 0 Å². The molecule has 0 aliphatic heterocycles.